The summed E-state index contributed by atoms with van der Waals surface area (Å²) in [5.74, 6) is 0.787. The van der Waals surface area contributed by atoms with Crippen molar-refractivity contribution in [2.45, 2.75) is 25.5 Å². The van der Waals surface area contributed by atoms with Crippen molar-refractivity contribution in [1.82, 2.24) is 4.90 Å². The first-order valence-electron chi connectivity index (χ1n) is 9.71. The molecule has 2 amide bonds. The average Bonchev–Trinajstić information content (AvgIpc) is 3.04. The lowest BCUT2D eigenvalue weighted by atomic mass is 10.2. The predicted octanol–water partition coefficient (Wildman–Crippen LogP) is 4.65. The van der Waals surface area contributed by atoms with E-state index in [1.54, 1.807) is 49.5 Å². The lowest BCUT2D eigenvalue weighted by molar-refractivity contribution is -0.128. The third-order valence-corrected chi connectivity index (χ3v) is 6.19. The lowest BCUT2D eigenvalue weighted by Crippen LogP contribution is -2.33. The summed E-state index contributed by atoms with van der Waals surface area (Å²) < 4.78 is 10.6. The largest absolute Gasteiger partial charge is 0.497 e. The normalized spacial score (nSPS) is 17.2. The molecule has 9 heteroatoms. The van der Waals surface area contributed by atoms with Gasteiger partial charge in [-0.2, -0.15) is 0 Å². The van der Waals surface area contributed by atoms with Crippen molar-refractivity contribution in [3.63, 3.8) is 0 Å². The fourth-order valence-corrected chi connectivity index (χ4v) is 4.48. The standard InChI is InChI=1S/C22H24ClN3O4S/c1-5-26-21(28)19(12-20(27)24-17-10-14(23)7-6-13(17)2)31-22(26)25-16-9-8-15(29-3)11-18(16)30-4/h6-11,19H,5,12H2,1-4H3,(H,24,27). The molecule has 0 aliphatic carbocycles. The van der Waals surface area contributed by atoms with E-state index in [9.17, 15) is 9.59 Å². The Morgan fingerprint density at radius 2 is 2.00 bits per heavy atom. The number of nitrogens with one attached hydrogen (secondary N) is 1. The van der Waals surface area contributed by atoms with Crippen LogP contribution in [0.15, 0.2) is 41.4 Å². The number of nitrogens with zero attached hydrogens (tertiary/aromatic N) is 2. The minimum absolute atomic E-state index is 0.0325. The van der Waals surface area contributed by atoms with Gasteiger partial charge in [0.15, 0.2) is 5.17 Å². The number of hydrogen-bond donors (Lipinski definition) is 1. The molecular formula is C22H24ClN3O4S. The molecule has 0 bridgehead atoms. The van der Waals surface area contributed by atoms with Gasteiger partial charge in [0, 0.05) is 29.7 Å². The monoisotopic (exact) mass is 461 g/mol. The Morgan fingerprint density at radius 3 is 2.68 bits per heavy atom. The zero-order valence-corrected chi connectivity index (χ0v) is 19.3. The molecule has 3 rings (SSSR count). The molecule has 31 heavy (non-hydrogen) atoms. The van der Waals surface area contributed by atoms with Crippen LogP contribution in [0.4, 0.5) is 11.4 Å². The predicted molar refractivity (Wildman–Crippen MR) is 125 cm³/mol. The molecule has 7 nitrogen and oxygen atoms in total. The van der Waals surface area contributed by atoms with Crippen LogP contribution in [0.3, 0.4) is 0 Å². The summed E-state index contributed by atoms with van der Waals surface area (Å²) in [7, 11) is 3.12. The number of rotatable bonds is 7. The van der Waals surface area contributed by atoms with Crippen molar-refractivity contribution in [2.24, 2.45) is 4.99 Å². The van der Waals surface area contributed by atoms with Crippen LogP contribution in [-0.2, 0) is 9.59 Å². The fraction of sp³-hybridized carbons (Fsp3) is 0.318. The van der Waals surface area contributed by atoms with Crippen molar-refractivity contribution in [3.8, 4) is 11.5 Å². The highest BCUT2D eigenvalue weighted by Crippen LogP contribution is 2.36. The van der Waals surface area contributed by atoms with Gasteiger partial charge in [-0.05, 0) is 43.7 Å². The second-order valence-corrected chi connectivity index (χ2v) is 8.44. The van der Waals surface area contributed by atoms with E-state index in [4.69, 9.17) is 21.1 Å². The number of anilines is 1. The van der Waals surface area contributed by atoms with Crippen LogP contribution in [0.2, 0.25) is 5.02 Å². The Labute approximate surface area is 190 Å². The molecule has 1 heterocycles. The van der Waals surface area contributed by atoms with Gasteiger partial charge >= 0.3 is 0 Å². The molecule has 1 aliphatic heterocycles. The van der Waals surface area contributed by atoms with Crippen LogP contribution in [-0.4, -0.2) is 47.9 Å². The van der Waals surface area contributed by atoms with Gasteiger partial charge in [-0.15, -0.1) is 0 Å². The number of halogens is 1. The molecule has 0 radical (unpaired) electrons. The minimum Gasteiger partial charge on any atom is -0.497 e. The zero-order chi connectivity index (χ0) is 22.5. The molecule has 164 valence electrons. The molecule has 2 aromatic rings. The molecule has 0 aromatic heterocycles. The van der Waals surface area contributed by atoms with Gasteiger partial charge in [0.05, 0.1) is 14.2 Å². The lowest BCUT2D eigenvalue weighted by Gasteiger charge is -2.14. The van der Waals surface area contributed by atoms with Crippen molar-refractivity contribution in [1.29, 1.82) is 0 Å². The number of benzene rings is 2. The maximum Gasteiger partial charge on any atom is 0.242 e. The van der Waals surface area contributed by atoms with Crippen molar-refractivity contribution in [3.05, 3.63) is 47.0 Å². The number of amidine groups is 1. The quantitative estimate of drug-likeness (QED) is 0.649. The number of aryl methyl sites for hydroxylation is 1. The first-order chi connectivity index (χ1) is 14.9. The van der Waals surface area contributed by atoms with Crippen LogP contribution in [0.25, 0.3) is 0 Å². The van der Waals surface area contributed by atoms with Crippen molar-refractivity contribution in [2.75, 3.05) is 26.1 Å². The molecule has 1 N–H and O–H groups in total. The molecular weight excluding hydrogens is 438 g/mol. The summed E-state index contributed by atoms with van der Waals surface area (Å²) in [6.07, 6.45) is 0.0325. The Balaban J connectivity index is 1.77. The summed E-state index contributed by atoms with van der Waals surface area (Å²) >= 11 is 7.30. The molecule has 1 saturated heterocycles. The summed E-state index contributed by atoms with van der Waals surface area (Å²) in [5.41, 5.74) is 2.11. The summed E-state index contributed by atoms with van der Waals surface area (Å²) in [4.78, 5) is 31.7. The number of carbonyl (C=O) groups is 2. The highest BCUT2D eigenvalue weighted by Gasteiger charge is 2.38. The van der Waals surface area contributed by atoms with Gasteiger partial charge in [0.1, 0.15) is 22.4 Å². The number of amides is 2. The third-order valence-electron chi connectivity index (χ3n) is 4.78. The van der Waals surface area contributed by atoms with Crippen LogP contribution in [0, 0.1) is 6.92 Å². The Kier molecular flexibility index (Phi) is 7.46. The molecule has 1 aliphatic rings. The second kappa shape index (κ2) is 10.1. The van der Waals surface area contributed by atoms with E-state index < -0.39 is 5.25 Å². The minimum atomic E-state index is -0.553. The van der Waals surface area contributed by atoms with Gasteiger partial charge in [0.2, 0.25) is 11.8 Å². The number of aliphatic imine (C=N–C) groups is 1. The van der Waals surface area contributed by atoms with Crippen LogP contribution < -0.4 is 14.8 Å². The smallest absolute Gasteiger partial charge is 0.242 e. The Morgan fingerprint density at radius 1 is 1.23 bits per heavy atom. The third kappa shape index (κ3) is 5.32. The number of thioether (sulfide) groups is 1. The fourth-order valence-electron chi connectivity index (χ4n) is 3.09. The van der Waals surface area contributed by atoms with Crippen LogP contribution >= 0.6 is 23.4 Å². The van der Waals surface area contributed by atoms with E-state index in [0.717, 1.165) is 5.56 Å². The molecule has 0 spiro atoms. The molecule has 1 unspecified atom stereocenters. The number of hydrogen-bond acceptors (Lipinski definition) is 6. The van der Waals surface area contributed by atoms with E-state index >= 15 is 0 Å². The number of carbonyl (C=O) groups excluding carboxylic acids is 2. The number of ether oxygens (including phenoxy) is 2. The maximum absolute atomic E-state index is 12.9. The summed E-state index contributed by atoms with van der Waals surface area (Å²) in [6, 6.07) is 10.6. The van der Waals surface area contributed by atoms with E-state index in [1.165, 1.54) is 11.8 Å². The van der Waals surface area contributed by atoms with Crippen LogP contribution in [0.5, 0.6) is 11.5 Å². The summed E-state index contributed by atoms with van der Waals surface area (Å²) in [5, 5.41) is 3.36. The van der Waals surface area contributed by atoms with Crippen molar-refractivity contribution < 1.29 is 19.1 Å². The van der Waals surface area contributed by atoms with Gasteiger partial charge < -0.3 is 14.8 Å². The maximum atomic E-state index is 12.9. The molecule has 1 fully saturated rings. The second-order valence-electron chi connectivity index (χ2n) is 6.83. The highest BCUT2D eigenvalue weighted by molar-refractivity contribution is 8.15. The SMILES string of the molecule is CCN1C(=O)C(CC(=O)Nc2cc(Cl)ccc2C)SC1=Nc1ccc(OC)cc1OC. The topological polar surface area (TPSA) is 80.2 Å². The van der Waals surface area contributed by atoms with Gasteiger partial charge in [-0.25, -0.2) is 4.99 Å². The van der Waals surface area contributed by atoms with Crippen LogP contribution in [0.1, 0.15) is 18.9 Å². The van der Waals surface area contributed by atoms with E-state index in [-0.39, 0.29) is 18.2 Å². The molecule has 0 saturated carbocycles. The molecule has 2 aromatic carbocycles. The zero-order valence-electron chi connectivity index (χ0n) is 17.8. The highest BCUT2D eigenvalue weighted by atomic mass is 35.5. The van der Waals surface area contributed by atoms with Gasteiger partial charge in [0.25, 0.3) is 0 Å². The van der Waals surface area contributed by atoms with Crippen molar-refractivity contribution >= 4 is 51.7 Å². The van der Waals surface area contributed by atoms with E-state index in [1.807, 2.05) is 19.9 Å². The van der Waals surface area contributed by atoms with Gasteiger partial charge in [-0.3, -0.25) is 14.5 Å². The van der Waals surface area contributed by atoms with Gasteiger partial charge in [-0.1, -0.05) is 29.4 Å². The summed E-state index contributed by atoms with van der Waals surface area (Å²) in [6.45, 7) is 4.21. The van der Waals surface area contributed by atoms with E-state index in [2.05, 4.69) is 10.3 Å². The Bertz CT molecular complexity index is 1030. The first-order valence-corrected chi connectivity index (χ1v) is 11.0. The molecule has 1 atom stereocenters. The first kappa shape index (κ1) is 23.0. The number of methoxy groups -OCH3 is 2. The average molecular weight is 462 g/mol. The Hall–Kier alpha value is -2.71. The van der Waals surface area contributed by atoms with E-state index in [0.29, 0.717) is 39.6 Å².